The Morgan fingerprint density at radius 3 is 1.49 bits per heavy atom. The summed E-state index contributed by atoms with van der Waals surface area (Å²) in [5, 5.41) is 12.6. The van der Waals surface area contributed by atoms with Gasteiger partial charge in [-0.15, -0.1) is 0 Å². The standard InChI is InChI=1S/C18H15P.C10H14N4S.Au/c1-4-10-16(11-5-1)19(17-12-6-2-7-13-17)18-14-8-3-9-15-18;1-8(9-6-4-5-7-11-9)12-13-10(15)14(2)3;/h1-15H;4-7H,1-3H3,(H,13,15);/q;;+1/p-1/b;12-8+;. The fourth-order valence-electron chi connectivity index (χ4n) is 3.01. The van der Waals surface area contributed by atoms with Crippen LogP contribution in [0.3, 0.4) is 0 Å². The van der Waals surface area contributed by atoms with Crippen molar-refractivity contribution in [3.63, 3.8) is 0 Å². The normalized spacial score (nSPS) is 11.2. The van der Waals surface area contributed by atoms with E-state index in [4.69, 9.17) is 12.6 Å². The molecule has 0 atom stereocenters. The van der Waals surface area contributed by atoms with E-state index in [0.29, 0.717) is 5.17 Å². The van der Waals surface area contributed by atoms with Gasteiger partial charge in [-0.2, -0.15) is 10.2 Å². The van der Waals surface area contributed by atoms with Gasteiger partial charge in [0, 0.05) is 25.5 Å². The van der Waals surface area contributed by atoms with E-state index < -0.39 is 7.92 Å². The predicted octanol–water partition coefficient (Wildman–Crippen LogP) is 4.71. The van der Waals surface area contributed by atoms with E-state index in [0.717, 1.165) is 11.4 Å². The first-order valence-corrected chi connectivity index (χ1v) is 12.6. The molecule has 0 unspecified atom stereocenters. The van der Waals surface area contributed by atoms with Gasteiger partial charge in [0.15, 0.2) is 0 Å². The van der Waals surface area contributed by atoms with Crippen LogP contribution in [0.5, 0.6) is 0 Å². The summed E-state index contributed by atoms with van der Waals surface area (Å²) < 4.78 is 0. The summed E-state index contributed by atoms with van der Waals surface area (Å²) in [5.41, 5.74) is 1.56. The quantitative estimate of drug-likeness (QED) is 0.0767. The van der Waals surface area contributed by atoms with Crippen molar-refractivity contribution in [2.24, 2.45) is 10.2 Å². The zero-order chi connectivity index (χ0) is 24.2. The Labute approximate surface area is 230 Å². The molecule has 35 heavy (non-hydrogen) atoms. The maximum absolute atomic E-state index is 4.98. The van der Waals surface area contributed by atoms with Gasteiger partial charge < -0.3 is 17.5 Å². The number of hydrogen-bond donors (Lipinski definition) is 0. The largest absolute Gasteiger partial charge is 1.00 e. The molecule has 7 heteroatoms. The van der Waals surface area contributed by atoms with Crippen molar-refractivity contribution in [1.29, 1.82) is 0 Å². The molecule has 0 bridgehead atoms. The SMILES string of the molecule is C/C(=N\N=C(/[S-])N(C)C)c1ccccn1.[Au+].c1ccc(P(c2ccccc2)c2ccccc2)cc1. The van der Waals surface area contributed by atoms with Gasteiger partial charge in [-0.05, 0) is 42.9 Å². The van der Waals surface area contributed by atoms with Gasteiger partial charge in [-0.3, -0.25) is 4.98 Å². The van der Waals surface area contributed by atoms with E-state index in [-0.39, 0.29) is 22.4 Å². The monoisotopic (exact) mass is 680 g/mol. The first kappa shape index (κ1) is 28.6. The summed E-state index contributed by atoms with van der Waals surface area (Å²) in [6.07, 6.45) is 1.72. The van der Waals surface area contributed by atoms with E-state index in [1.165, 1.54) is 15.9 Å². The van der Waals surface area contributed by atoms with Crippen molar-refractivity contribution in [2.75, 3.05) is 14.1 Å². The molecule has 1 heterocycles. The summed E-state index contributed by atoms with van der Waals surface area (Å²) in [4.78, 5) is 5.88. The summed E-state index contributed by atoms with van der Waals surface area (Å²) in [6, 6.07) is 38.0. The van der Waals surface area contributed by atoms with Gasteiger partial charge in [0.05, 0.1) is 11.4 Å². The van der Waals surface area contributed by atoms with Gasteiger partial charge >= 0.3 is 22.4 Å². The van der Waals surface area contributed by atoms with Crippen LogP contribution in [-0.2, 0) is 35.0 Å². The van der Waals surface area contributed by atoms with Crippen molar-refractivity contribution in [1.82, 2.24) is 9.88 Å². The number of rotatable bonds is 5. The Hall–Kier alpha value is -2.66. The second-order valence-electron chi connectivity index (χ2n) is 7.52. The first-order valence-electron chi connectivity index (χ1n) is 10.9. The zero-order valence-electron chi connectivity index (χ0n) is 19.9. The number of benzene rings is 3. The van der Waals surface area contributed by atoms with Crippen molar-refractivity contribution >= 4 is 47.3 Å². The van der Waals surface area contributed by atoms with E-state index in [2.05, 4.69) is 106 Å². The number of aromatic nitrogens is 1. The minimum Gasteiger partial charge on any atom is -0.741 e. The molecule has 0 spiro atoms. The maximum Gasteiger partial charge on any atom is 1.00 e. The van der Waals surface area contributed by atoms with Crippen LogP contribution in [0.4, 0.5) is 0 Å². The fourth-order valence-corrected chi connectivity index (χ4v) is 5.36. The molecule has 0 aliphatic carbocycles. The molecule has 0 amide bonds. The summed E-state index contributed by atoms with van der Waals surface area (Å²) >= 11 is 4.98. The number of hydrogen-bond acceptors (Lipinski definition) is 4. The molecular weight excluding hydrogens is 652 g/mol. The van der Waals surface area contributed by atoms with Crippen LogP contribution in [0.25, 0.3) is 0 Å². The van der Waals surface area contributed by atoms with Gasteiger partial charge in [0.1, 0.15) is 0 Å². The minimum absolute atomic E-state index is 0. The number of amidine groups is 1. The molecule has 0 aliphatic heterocycles. The van der Waals surface area contributed by atoms with Gasteiger partial charge in [-0.1, -0.05) is 97.1 Å². The zero-order valence-corrected chi connectivity index (χ0v) is 23.8. The van der Waals surface area contributed by atoms with Gasteiger partial charge in [0.25, 0.3) is 0 Å². The Morgan fingerprint density at radius 1 is 0.686 bits per heavy atom. The van der Waals surface area contributed by atoms with Crippen LogP contribution in [0.1, 0.15) is 12.6 Å². The van der Waals surface area contributed by atoms with Crippen LogP contribution in [0.15, 0.2) is 126 Å². The summed E-state index contributed by atoms with van der Waals surface area (Å²) in [7, 11) is 3.22. The third kappa shape index (κ3) is 9.14. The third-order valence-corrected chi connectivity index (χ3v) is 7.64. The van der Waals surface area contributed by atoms with Crippen molar-refractivity contribution in [3.05, 3.63) is 121 Å². The Kier molecular flexibility index (Phi) is 12.5. The number of pyridine rings is 1. The molecule has 1 aromatic heterocycles. The molecule has 0 saturated carbocycles. The van der Waals surface area contributed by atoms with Crippen LogP contribution in [0, 0.1) is 0 Å². The Balaban J connectivity index is 0.000000247. The summed E-state index contributed by atoms with van der Waals surface area (Å²) in [6.45, 7) is 1.85. The molecule has 0 saturated heterocycles. The second-order valence-corrected chi connectivity index (χ2v) is 10.1. The van der Waals surface area contributed by atoms with Gasteiger partial charge in [0.2, 0.25) is 0 Å². The molecule has 0 radical (unpaired) electrons. The molecule has 0 aliphatic rings. The van der Waals surface area contributed by atoms with Crippen LogP contribution in [0.2, 0.25) is 0 Å². The molecule has 4 nitrogen and oxygen atoms in total. The molecule has 4 rings (SSSR count). The third-order valence-electron chi connectivity index (χ3n) is 4.75. The fraction of sp³-hybridized carbons (Fsp3) is 0.107. The van der Waals surface area contributed by atoms with E-state index in [1.54, 1.807) is 11.1 Å². The molecular formula is C28H28AuN4PS. The Morgan fingerprint density at radius 2 is 1.11 bits per heavy atom. The average molecular weight is 681 g/mol. The molecule has 182 valence electrons. The smallest absolute Gasteiger partial charge is 0.741 e. The topological polar surface area (TPSA) is 40.9 Å². The van der Waals surface area contributed by atoms with E-state index in [9.17, 15) is 0 Å². The molecule has 4 aromatic rings. The van der Waals surface area contributed by atoms with E-state index in [1.807, 2.05) is 39.2 Å². The summed E-state index contributed by atoms with van der Waals surface area (Å²) in [5.74, 6) is 0. The van der Waals surface area contributed by atoms with Gasteiger partial charge in [-0.25, -0.2) is 0 Å². The second kappa shape index (κ2) is 15.4. The van der Waals surface area contributed by atoms with Crippen LogP contribution in [-0.4, -0.2) is 34.9 Å². The van der Waals surface area contributed by atoms with Crippen LogP contribution < -0.4 is 15.9 Å². The predicted molar refractivity (Wildman–Crippen MR) is 150 cm³/mol. The maximum atomic E-state index is 4.98. The first-order chi connectivity index (χ1) is 16.6. The van der Waals surface area contributed by atoms with Crippen molar-refractivity contribution < 1.29 is 22.4 Å². The van der Waals surface area contributed by atoms with Crippen molar-refractivity contribution in [3.8, 4) is 0 Å². The number of nitrogens with zero attached hydrogens (tertiary/aromatic N) is 4. The Bertz CT molecular complexity index is 1090. The minimum atomic E-state index is -0.446. The van der Waals surface area contributed by atoms with Crippen molar-refractivity contribution in [2.45, 2.75) is 6.92 Å². The molecule has 0 fully saturated rings. The van der Waals surface area contributed by atoms with E-state index >= 15 is 0 Å². The average Bonchev–Trinajstić information content (AvgIpc) is 2.90. The molecule has 3 aromatic carbocycles. The molecule has 0 N–H and O–H groups in total. The van der Waals surface area contributed by atoms with Crippen LogP contribution >= 0.6 is 7.92 Å².